The number of aromatic nitrogens is 1. The van der Waals surface area contributed by atoms with E-state index in [2.05, 4.69) is 20.6 Å². The summed E-state index contributed by atoms with van der Waals surface area (Å²) >= 11 is 19.0. The number of pyridine rings is 1. The van der Waals surface area contributed by atoms with Gasteiger partial charge >= 0.3 is 0 Å². The van der Waals surface area contributed by atoms with Crippen molar-refractivity contribution < 1.29 is 23.5 Å². The SMILES string of the molecule is COCCOc1ncc(F)cc1C(=O)N[C@H]1N=C(c2c(Cl)cc(Cl)cc2Cl)c2ccccc2NC1=O. The summed E-state index contributed by atoms with van der Waals surface area (Å²) in [5, 5.41) is 5.94. The number of nitrogens with one attached hydrogen (secondary N) is 2. The highest BCUT2D eigenvalue weighted by Crippen LogP contribution is 2.34. The zero-order valence-corrected chi connectivity index (χ0v) is 20.9. The van der Waals surface area contributed by atoms with E-state index in [-0.39, 0.29) is 40.4 Å². The van der Waals surface area contributed by atoms with E-state index < -0.39 is 23.8 Å². The largest absolute Gasteiger partial charge is 0.475 e. The molecule has 0 saturated heterocycles. The van der Waals surface area contributed by atoms with Crippen LogP contribution in [0, 0.1) is 5.82 Å². The van der Waals surface area contributed by atoms with Gasteiger partial charge in [0, 0.05) is 23.3 Å². The number of amides is 2. The first-order valence-electron chi connectivity index (χ1n) is 10.5. The van der Waals surface area contributed by atoms with Gasteiger partial charge in [0.25, 0.3) is 11.8 Å². The zero-order chi connectivity index (χ0) is 25.8. The number of fused-ring (bicyclic) bond motifs is 1. The van der Waals surface area contributed by atoms with Crippen molar-refractivity contribution in [3.8, 4) is 5.88 Å². The molecular weight excluding hydrogens is 534 g/mol. The number of benzene rings is 2. The molecule has 8 nitrogen and oxygen atoms in total. The van der Waals surface area contributed by atoms with Crippen LogP contribution in [-0.2, 0) is 9.53 Å². The summed E-state index contributed by atoms with van der Waals surface area (Å²) in [7, 11) is 1.48. The average Bonchev–Trinajstić information content (AvgIpc) is 2.96. The Hall–Kier alpha value is -3.24. The summed E-state index contributed by atoms with van der Waals surface area (Å²) in [6.07, 6.45) is -0.521. The molecule has 1 aliphatic heterocycles. The minimum Gasteiger partial charge on any atom is -0.475 e. The first-order valence-corrected chi connectivity index (χ1v) is 11.6. The van der Waals surface area contributed by atoms with Crippen LogP contribution in [0.3, 0.4) is 0 Å². The lowest BCUT2D eigenvalue weighted by molar-refractivity contribution is -0.117. The van der Waals surface area contributed by atoms with E-state index in [1.54, 1.807) is 24.3 Å². The molecule has 36 heavy (non-hydrogen) atoms. The van der Waals surface area contributed by atoms with E-state index in [1.807, 2.05) is 0 Å². The smallest absolute Gasteiger partial charge is 0.269 e. The molecule has 0 aliphatic carbocycles. The molecule has 2 aromatic carbocycles. The van der Waals surface area contributed by atoms with Crippen LogP contribution < -0.4 is 15.4 Å². The number of benzodiazepines with no additional fused rings is 1. The molecule has 4 rings (SSSR count). The lowest BCUT2D eigenvalue weighted by Crippen LogP contribution is -2.42. The van der Waals surface area contributed by atoms with Crippen LogP contribution >= 0.6 is 34.8 Å². The first-order chi connectivity index (χ1) is 17.3. The molecular formula is C24H18Cl3FN4O4. The highest BCUT2D eigenvalue weighted by Gasteiger charge is 2.30. The van der Waals surface area contributed by atoms with Crippen molar-refractivity contribution in [1.82, 2.24) is 10.3 Å². The molecule has 0 bridgehead atoms. The number of rotatable bonds is 7. The van der Waals surface area contributed by atoms with Crippen LogP contribution in [0.4, 0.5) is 10.1 Å². The van der Waals surface area contributed by atoms with Crippen molar-refractivity contribution in [3.05, 3.63) is 86.2 Å². The van der Waals surface area contributed by atoms with Crippen molar-refractivity contribution in [1.29, 1.82) is 0 Å². The van der Waals surface area contributed by atoms with E-state index in [9.17, 15) is 14.0 Å². The molecule has 3 aromatic rings. The molecule has 1 aliphatic rings. The number of hydrogen-bond donors (Lipinski definition) is 2. The van der Waals surface area contributed by atoms with Gasteiger partial charge in [-0.15, -0.1) is 0 Å². The van der Waals surface area contributed by atoms with E-state index in [0.717, 1.165) is 12.3 Å². The fraction of sp³-hybridized carbons (Fsp3) is 0.167. The van der Waals surface area contributed by atoms with E-state index in [1.165, 1.54) is 19.2 Å². The summed E-state index contributed by atoms with van der Waals surface area (Å²) in [6.45, 7) is 0.296. The normalized spacial score (nSPS) is 14.9. The van der Waals surface area contributed by atoms with E-state index >= 15 is 0 Å². The number of hydrogen-bond acceptors (Lipinski definition) is 6. The Kier molecular flexibility index (Phi) is 8.05. The molecule has 2 N–H and O–H groups in total. The molecule has 0 fully saturated rings. The number of anilines is 1. The quantitative estimate of drug-likeness (QED) is 0.413. The summed E-state index contributed by atoms with van der Waals surface area (Å²) in [5.74, 6) is -2.37. The zero-order valence-electron chi connectivity index (χ0n) is 18.6. The van der Waals surface area contributed by atoms with Gasteiger partial charge in [0.15, 0.2) is 0 Å². The van der Waals surface area contributed by atoms with Gasteiger partial charge in [-0.3, -0.25) is 9.59 Å². The van der Waals surface area contributed by atoms with Gasteiger partial charge in [-0.25, -0.2) is 14.4 Å². The molecule has 0 spiro atoms. The number of carbonyl (C=O) groups excluding carboxylic acids is 2. The highest BCUT2D eigenvalue weighted by molar-refractivity contribution is 6.44. The average molecular weight is 552 g/mol. The number of nitrogens with zero attached hydrogens (tertiary/aromatic N) is 2. The highest BCUT2D eigenvalue weighted by atomic mass is 35.5. The minimum atomic E-state index is -1.43. The number of halogens is 4. The predicted octanol–water partition coefficient (Wildman–Crippen LogP) is 4.75. The number of aliphatic imine (C=N–C) groups is 1. The van der Waals surface area contributed by atoms with Crippen molar-refractivity contribution >= 4 is 58.0 Å². The standard InChI is InChI=1S/C24H18Cl3FN4O4/c1-35-6-7-36-24-15(10-13(28)11-29-24)22(33)32-21-23(34)30-18-5-3-2-4-14(18)20(31-21)19-16(26)8-12(25)9-17(19)27/h2-5,8-11,21H,6-7H2,1H3,(H,30,34)(H,32,33)/t21-/m1/s1. The Morgan fingerprint density at radius 2 is 1.86 bits per heavy atom. The molecule has 0 radical (unpaired) electrons. The number of carbonyl (C=O) groups is 2. The van der Waals surface area contributed by atoms with Crippen molar-refractivity contribution in [2.24, 2.45) is 4.99 Å². The Morgan fingerprint density at radius 1 is 1.14 bits per heavy atom. The van der Waals surface area contributed by atoms with Crippen LogP contribution in [0.2, 0.25) is 15.1 Å². The van der Waals surface area contributed by atoms with Gasteiger partial charge in [-0.05, 0) is 24.3 Å². The van der Waals surface area contributed by atoms with E-state index in [4.69, 9.17) is 44.3 Å². The Bertz CT molecular complexity index is 1350. The van der Waals surface area contributed by atoms with Crippen molar-refractivity contribution in [2.45, 2.75) is 6.17 Å². The minimum absolute atomic E-state index is 0.0739. The summed E-state index contributed by atoms with van der Waals surface area (Å²) < 4.78 is 24.3. The van der Waals surface area contributed by atoms with Crippen LogP contribution in [0.15, 0.2) is 53.7 Å². The first kappa shape index (κ1) is 25.8. The fourth-order valence-corrected chi connectivity index (χ4v) is 4.45. The monoisotopic (exact) mass is 550 g/mol. The molecule has 2 heterocycles. The van der Waals surface area contributed by atoms with Gasteiger partial charge in [0.2, 0.25) is 12.0 Å². The second kappa shape index (κ2) is 11.2. The summed E-state index contributed by atoms with van der Waals surface area (Å²) in [5.41, 5.74) is 1.29. The van der Waals surface area contributed by atoms with Crippen molar-refractivity contribution in [2.75, 3.05) is 25.6 Å². The Morgan fingerprint density at radius 3 is 2.58 bits per heavy atom. The van der Waals surface area contributed by atoms with Gasteiger partial charge in [0.05, 0.1) is 34.2 Å². The third kappa shape index (κ3) is 5.60. The Labute approximate surface area is 220 Å². The number of ether oxygens (including phenoxy) is 2. The molecule has 0 saturated carbocycles. The van der Waals surface area contributed by atoms with Crippen LogP contribution in [0.5, 0.6) is 5.88 Å². The predicted molar refractivity (Wildman–Crippen MR) is 135 cm³/mol. The summed E-state index contributed by atoms with van der Waals surface area (Å²) in [6, 6.07) is 10.8. The van der Waals surface area contributed by atoms with Gasteiger partial charge < -0.3 is 20.1 Å². The molecule has 1 aromatic heterocycles. The lowest BCUT2D eigenvalue weighted by Gasteiger charge is -2.16. The molecule has 0 unspecified atom stereocenters. The molecule has 12 heteroatoms. The maximum atomic E-state index is 13.9. The number of para-hydroxylation sites is 1. The number of methoxy groups -OCH3 is 1. The molecule has 2 amide bonds. The van der Waals surface area contributed by atoms with Gasteiger partial charge in [-0.1, -0.05) is 53.0 Å². The van der Waals surface area contributed by atoms with Crippen LogP contribution in [0.25, 0.3) is 0 Å². The second-order valence-corrected chi connectivity index (χ2v) is 8.73. The topological polar surface area (TPSA) is 102 Å². The second-order valence-electron chi connectivity index (χ2n) is 7.48. The third-order valence-electron chi connectivity index (χ3n) is 5.05. The molecule has 186 valence electrons. The maximum absolute atomic E-state index is 13.9. The Balaban J connectivity index is 1.75. The molecule has 1 atom stereocenters. The maximum Gasteiger partial charge on any atom is 0.269 e. The van der Waals surface area contributed by atoms with Crippen molar-refractivity contribution in [3.63, 3.8) is 0 Å². The third-order valence-corrected chi connectivity index (χ3v) is 5.86. The summed E-state index contributed by atoms with van der Waals surface area (Å²) in [4.78, 5) is 34.5. The lowest BCUT2D eigenvalue weighted by atomic mass is 10.0. The van der Waals surface area contributed by atoms with Crippen LogP contribution in [0.1, 0.15) is 21.5 Å². The van der Waals surface area contributed by atoms with E-state index in [0.29, 0.717) is 21.8 Å². The van der Waals surface area contributed by atoms with Crippen LogP contribution in [-0.4, -0.2) is 49.0 Å². The fourth-order valence-electron chi connectivity index (χ4n) is 3.45. The van der Waals surface area contributed by atoms with Gasteiger partial charge in [-0.2, -0.15) is 0 Å². The van der Waals surface area contributed by atoms with Gasteiger partial charge in [0.1, 0.15) is 18.0 Å².